The van der Waals surface area contributed by atoms with Crippen molar-refractivity contribution < 1.29 is 19.4 Å². The minimum Gasteiger partial charge on any atom is -0.496 e. The fourth-order valence-corrected chi connectivity index (χ4v) is 6.00. The first-order chi connectivity index (χ1) is 17.4. The Morgan fingerprint density at radius 3 is 2.53 bits per heavy atom. The van der Waals surface area contributed by atoms with Gasteiger partial charge in [-0.15, -0.1) is 0 Å². The number of rotatable bonds is 6. The fraction of sp³-hybridized carbons (Fsp3) is 0.414. The minimum atomic E-state index is -0.971. The summed E-state index contributed by atoms with van der Waals surface area (Å²) in [6.07, 6.45) is 6.54. The number of aromatic nitrogens is 2. The van der Waals surface area contributed by atoms with Gasteiger partial charge in [-0.3, -0.25) is 4.79 Å². The van der Waals surface area contributed by atoms with E-state index in [2.05, 4.69) is 11.1 Å². The molecule has 3 aromatic rings. The Kier molecular flexibility index (Phi) is 6.56. The number of carbonyl (C=O) groups is 2. The molecule has 0 bridgehead atoms. The van der Waals surface area contributed by atoms with Crippen LogP contribution in [0.3, 0.4) is 0 Å². The van der Waals surface area contributed by atoms with Crippen molar-refractivity contribution in [1.82, 2.24) is 14.5 Å². The second-order valence-electron chi connectivity index (χ2n) is 10.1. The number of carboxylic acids is 1. The van der Waals surface area contributed by atoms with Gasteiger partial charge < -0.3 is 19.3 Å². The molecular formula is C29H33N3O4. The zero-order chi connectivity index (χ0) is 25.3. The van der Waals surface area contributed by atoms with E-state index in [4.69, 9.17) is 4.74 Å². The molecule has 2 aliphatic rings. The van der Waals surface area contributed by atoms with Gasteiger partial charge in [0.25, 0.3) is 0 Å². The number of nitrogens with zero attached hydrogens (tertiary/aromatic N) is 3. The highest BCUT2D eigenvalue weighted by atomic mass is 16.5. The van der Waals surface area contributed by atoms with Crippen molar-refractivity contribution in [3.8, 4) is 5.75 Å². The number of hydrogen-bond donors (Lipinski definition) is 1. The van der Waals surface area contributed by atoms with Crippen LogP contribution in [-0.2, 0) is 34.5 Å². The Morgan fingerprint density at radius 1 is 1.11 bits per heavy atom. The molecule has 7 nitrogen and oxygen atoms in total. The molecule has 5 rings (SSSR count). The van der Waals surface area contributed by atoms with Gasteiger partial charge in [-0.1, -0.05) is 61.7 Å². The van der Waals surface area contributed by atoms with Crippen LogP contribution >= 0.6 is 0 Å². The number of amides is 1. The SMILES string of the molecule is COc1ccc(Cn2cnc3c2C[C@@H](C(=O)O)N(C(=O)C2(c4ccccc4)CCCCC2)C3)cc1C. The first-order valence-electron chi connectivity index (χ1n) is 12.7. The number of benzene rings is 2. The fourth-order valence-electron chi connectivity index (χ4n) is 6.00. The first-order valence-corrected chi connectivity index (χ1v) is 12.7. The van der Waals surface area contributed by atoms with Crippen LogP contribution in [0.4, 0.5) is 0 Å². The summed E-state index contributed by atoms with van der Waals surface area (Å²) in [6.45, 7) is 2.80. The van der Waals surface area contributed by atoms with Crippen molar-refractivity contribution in [2.45, 2.75) is 70.0 Å². The van der Waals surface area contributed by atoms with E-state index in [1.165, 1.54) is 0 Å². The van der Waals surface area contributed by atoms with Crippen LogP contribution in [0.25, 0.3) is 0 Å². The van der Waals surface area contributed by atoms with Crippen LogP contribution in [0.15, 0.2) is 54.9 Å². The van der Waals surface area contributed by atoms with E-state index in [1.807, 2.05) is 54.0 Å². The highest BCUT2D eigenvalue weighted by molar-refractivity contribution is 5.92. The lowest BCUT2D eigenvalue weighted by Gasteiger charge is -2.43. The molecule has 36 heavy (non-hydrogen) atoms. The van der Waals surface area contributed by atoms with E-state index in [0.717, 1.165) is 65.9 Å². The quantitative estimate of drug-likeness (QED) is 0.554. The predicted octanol–water partition coefficient (Wildman–Crippen LogP) is 4.49. The Labute approximate surface area is 211 Å². The van der Waals surface area contributed by atoms with E-state index in [-0.39, 0.29) is 18.9 Å². The summed E-state index contributed by atoms with van der Waals surface area (Å²) in [6, 6.07) is 15.0. The summed E-state index contributed by atoms with van der Waals surface area (Å²) in [5, 5.41) is 10.2. The predicted molar refractivity (Wildman–Crippen MR) is 136 cm³/mol. The average molecular weight is 488 g/mol. The van der Waals surface area contributed by atoms with Crippen LogP contribution < -0.4 is 4.74 Å². The normalized spacial score (nSPS) is 18.9. The van der Waals surface area contributed by atoms with Crippen molar-refractivity contribution >= 4 is 11.9 Å². The molecule has 0 unspecified atom stereocenters. The lowest BCUT2D eigenvalue weighted by atomic mass is 9.68. The van der Waals surface area contributed by atoms with Gasteiger partial charge >= 0.3 is 5.97 Å². The Hall–Kier alpha value is -3.61. The molecule has 1 saturated carbocycles. The standard InChI is InChI=1S/C29H33N3O4/c1-20-15-21(11-12-26(20)36-2)17-31-19-30-23-18-32(25(27(33)34)16-24(23)31)28(35)29(13-7-4-8-14-29)22-9-5-3-6-10-22/h3,5-6,9-12,15,19,25H,4,7-8,13-14,16-18H2,1-2H3,(H,33,34)/t25-/m0/s1. The molecule has 1 aliphatic carbocycles. The molecule has 1 amide bonds. The largest absolute Gasteiger partial charge is 0.496 e. The van der Waals surface area contributed by atoms with Crippen molar-refractivity contribution in [2.75, 3.05) is 7.11 Å². The molecule has 188 valence electrons. The third-order valence-corrected chi connectivity index (χ3v) is 7.92. The Balaban J connectivity index is 1.46. The molecule has 1 N–H and O–H groups in total. The van der Waals surface area contributed by atoms with Crippen molar-refractivity contribution in [3.05, 3.63) is 82.9 Å². The van der Waals surface area contributed by atoms with Crippen LogP contribution in [0.2, 0.25) is 0 Å². The van der Waals surface area contributed by atoms with Gasteiger partial charge in [0.15, 0.2) is 0 Å². The summed E-state index contributed by atoms with van der Waals surface area (Å²) < 4.78 is 7.38. The Bertz CT molecular complexity index is 1260. The molecule has 2 heterocycles. The molecule has 0 saturated heterocycles. The molecule has 1 atom stereocenters. The van der Waals surface area contributed by atoms with Gasteiger partial charge in [0.1, 0.15) is 11.8 Å². The lowest BCUT2D eigenvalue weighted by molar-refractivity contribution is -0.155. The number of fused-ring (bicyclic) bond motifs is 1. The third kappa shape index (κ3) is 4.27. The van der Waals surface area contributed by atoms with Gasteiger partial charge in [-0.25, -0.2) is 9.78 Å². The van der Waals surface area contributed by atoms with Crippen molar-refractivity contribution in [2.24, 2.45) is 0 Å². The van der Waals surface area contributed by atoms with E-state index in [9.17, 15) is 14.7 Å². The smallest absolute Gasteiger partial charge is 0.326 e. The van der Waals surface area contributed by atoms with Crippen LogP contribution in [0, 0.1) is 6.92 Å². The molecule has 1 aliphatic heterocycles. The minimum absolute atomic E-state index is 0.0771. The second-order valence-corrected chi connectivity index (χ2v) is 10.1. The number of imidazole rings is 1. The lowest BCUT2D eigenvalue weighted by Crippen LogP contribution is -2.56. The highest BCUT2D eigenvalue weighted by Crippen LogP contribution is 2.42. The number of hydrogen-bond acceptors (Lipinski definition) is 4. The van der Waals surface area contributed by atoms with Gasteiger partial charge in [-0.05, 0) is 42.5 Å². The number of ether oxygens (including phenoxy) is 1. The zero-order valence-electron chi connectivity index (χ0n) is 20.9. The van der Waals surface area contributed by atoms with Gasteiger partial charge in [0.05, 0.1) is 31.1 Å². The Morgan fingerprint density at radius 2 is 1.86 bits per heavy atom. The molecule has 1 aromatic heterocycles. The average Bonchev–Trinajstić information content (AvgIpc) is 3.30. The highest BCUT2D eigenvalue weighted by Gasteiger charge is 2.48. The molecule has 0 spiro atoms. The third-order valence-electron chi connectivity index (χ3n) is 7.92. The maximum atomic E-state index is 14.2. The summed E-state index contributed by atoms with van der Waals surface area (Å²) in [5.41, 5.74) is 4.12. The molecule has 7 heteroatoms. The molecule has 1 fully saturated rings. The number of aryl methyl sites for hydroxylation is 1. The number of aliphatic carboxylic acids is 1. The maximum Gasteiger partial charge on any atom is 0.326 e. The number of methoxy groups -OCH3 is 1. The van der Waals surface area contributed by atoms with Crippen LogP contribution in [0.1, 0.15) is 60.2 Å². The van der Waals surface area contributed by atoms with Crippen molar-refractivity contribution in [3.63, 3.8) is 0 Å². The second kappa shape index (κ2) is 9.80. The molecular weight excluding hydrogens is 454 g/mol. The zero-order valence-corrected chi connectivity index (χ0v) is 20.9. The van der Waals surface area contributed by atoms with Gasteiger partial charge in [0.2, 0.25) is 5.91 Å². The van der Waals surface area contributed by atoms with Crippen LogP contribution in [0.5, 0.6) is 5.75 Å². The summed E-state index contributed by atoms with van der Waals surface area (Å²) >= 11 is 0. The topological polar surface area (TPSA) is 84.7 Å². The number of carboxylic acid groups (broad SMARTS) is 1. The van der Waals surface area contributed by atoms with E-state index < -0.39 is 17.4 Å². The monoisotopic (exact) mass is 487 g/mol. The van der Waals surface area contributed by atoms with Gasteiger partial charge in [0, 0.05) is 18.7 Å². The first kappa shape index (κ1) is 24.1. The van der Waals surface area contributed by atoms with E-state index >= 15 is 0 Å². The van der Waals surface area contributed by atoms with Gasteiger partial charge in [-0.2, -0.15) is 0 Å². The molecule has 2 aromatic carbocycles. The summed E-state index contributed by atoms with van der Waals surface area (Å²) in [4.78, 5) is 32.9. The molecule has 0 radical (unpaired) electrons. The number of carbonyl (C=O) groups excluding carboxylic acids is 1. The maximum absolute atomic E-state index is 14.2. The van der Waals surface area contributed by atoms with Crippen molar-refractivity contribution in [1.29, 1.82) is 0 Å². The summed E-state index contributed by atoms with van der Waals surface area (Å²) in [5.74, 6) is -0.214. The van der Waals surface area contributed by atoms with E-state index in [1.54, 1.807) is 18.3 Å². The van der Waals surface area contributed by atoms with Crippen LogP contribution in [-0.4, -0.2) is 44.6 Å². The summed E-state index contributed by atoms with van der Waals surface area (Å²) in [7, 11) is 1.66. The van der Waals surface area contributed by atoms with E-state index in [0.29, 0.717) is 6.54 Å².